The van der Waals surface area contributed by atoms with Crippen LogP contribution in [-0.4, -0.2) is 47.9 Å². The smallest absolute Gasteiger partial charge is 0.254 e. The maximum Gasteiger partial charge on any atom is 0.254 e. The topological polar surface area (TPSA) is 103 Å². The molecule has 3 heterocycles. The second-order valence-corrected chi connectivity index (χ2v) is 8.52. The van der Waals surface area contributed by atoms with Gasteiger partial charge in [0, 0.05) is 19.7 Å². The van der Waals surface area contributed by atoms with Gasteiger partial charge in [-0.05, 0) is 29.3 Å². The highest BCUT2D eigenvalue weighted by atomic mass is 32.1. The van der Waals surface area contributed by atoms with E-state index in [9.17, 15) is 9.59 Å². The monoisotopic (exact) mass is 452 g/mol. The van der Waals surface area contributed by atoms with E-state index in [0.717, 1.165) is 5.56 Å². The van der Waals surface area contributed by atoms with Gasteiger partial charge in [0.05, 0.1) is 12.0 Å². The summed E-state index contributed by atoms with van der Waals surface area (Å²) < 4.78 is 16.0. The van der Waals surface area contributed by atoms with Crippen LogP contribution in [0.1, 0.15) is 38.5 Å². The number of fused-ring (bicyclic) bond motifs is 2. The van der Waals surface area contributed by atoms with Crippen molar-refractivity contribution in [1.82, 2.24) is 15.1 Å². The van der Waals surface area contributed by atoms with Crippen molar-refractivity contribution in [3.8, 4) is 11.5 Å². The molecule has 2 aromatic carbocycles. The minimum atomic E-state index is -0.663. The number of hydrogen-bond donors (Lipinski definition) is 1. The number of nitrogens with one attached hydrogen (secondary N) is 1. The number of carbonyl (C=O) groups excluding carboxylic acids is 2. The number of rotatable bonds is 5. The fourth-order valence-electron chi connectivity index (χ4n) is 4.14. The molecule has 1 N–H and O–H groups in total. The number of benzene rings is 2. The third-order valence-electron chi connectivity index (χ3n) is 5.57. The average molecular weight is 452 g/mol. The Balaban J connectivity index is 1.55. The second kappa shape index (κ2) is 8.21. The number of anilines is 1. The average Bonchev–Trinajstić information content (AvgIpc) is 3.45. The Bertz CT molecular complexity index is 1200. The molecule has 9 nitrogen and oxygen atoms in total. The minimum absolute atomic E-state index is 0.145. The molecule has 5 rings (SSSR count). The highest BCUT2D eigenvalue weighted by Gasteiger charge is 2.43. The maximum absolute atomic E-state index is 13.6. The Hall–Kier alpha value is -3.50. The summed E-state index contributed by atoms with van der Waals surface area (Å²) in [5.41, 5.74) is 1.94. The zero-order valence-corrected chi connectivity index (χ0v) is 18.2. The Morgan fingerprint density at radius 2 is 2.03 bits per heavy atom. The summed E-state index contributed by atoms with van der Waals surface area (Å²) in [7, 11) is 3.27. The summed E-state index contributed by atoms with van der Waals surface area (Å²) in [5, 5.41) is 12.0. The molecule has 0 saturated carbocycles. The molecule has 10 heteroatoms. The third-order valence-corrected chi connectivity index (χ3v) is 6.38. The normalized spacial score (nSPS) is 19.1. The number of amides is 2. The van der Waals surface area contributed by atoms with Gasteiger partial charge >= 0.3 is 0 Å². The molecule has 0 aliphatic carbocycles. The van der Waals surface area contributed by atoms with Gasteiger partial charge in [-0.25, -0.2) is 0 Å². The predicted molar refractivity (Wildman–Crippen MR) is 116 cm³/mol. The van der Waals surface area contributed by atoms with E-state index in [1.54, 1.807) is 37.3 Å². The first-order chi connectivity index (χ1) is 15.6. The van der Waals surface area contributed by atoms with Crippen molar-refractivity contribution >= 4 is 28.3 Å². The summed E-state index contributed by atoms with van der Waals surface area (Å²) in [6.07, 6.45) is 0. The lowest BCUT2D eigenvalue weighted by molar-refractivity contribution is -0.119. The van der Waals surface area contributed by atoms with Crippen LogP contribution in [-0.2, 0) is 16.1 Å². The molecule has 0 fully saturated rings. The lowest BCUT2D eigenvalue weighted by Crippen LogP contribution is -2.44. The van der Waals surface area contributed by atoms with E-state index in [-0.39, 0.29) is 18.6 Å². The SMILES string of the molecule is COCc1nnc(NC(=O)C2c3ccccc3C(=O)N(C)C2c2ccc3c(c2)OCO3)s1. The van der Waals surface area contributed by atoms with E-state index < -0.39 is 12.0 Å². The Kier molecular flexibility index (Phi) is 5.24. The molecule has 2 unspecified atom stereocenters. The molecule has 1 aromatic heterocycles. The zero-order valence-electron chi connectivity index (χ0n) is 17.4. The van der Waals surface area contributed by atoms with Gasteiger partial charge in [-0.1, -0.05) is 35.6 Å². The molecule has 0 spiro atoms. The van der Waals surface area contributed by atoms with Crippen molar-refractivity contribution in [1.29, 1.82) is 0 Å². The van der Waals surface area contributed by atoms with Crippen LogP contribution in [0.2, 0.25) is 0 Å². The lowest BCUT2D eigenvalue weighted by atomic mass is 9.79. The van der Waals surface area contributed by atoms with E-state index >= 15 is 0 Å². The molecule has 2 atom stereocenters. The van der Waals surface area contributed by atoms with Gasteiger partial charge in [-0.3, -0.25) is 14.9 Å². The van der Waals surface area contributed by atoms with Gasteiger partial charge in [0.15, 0.2) is 11.5 Å². The number of methoxy groups -OCH3 is 1. The van der Waals surface area contributed by atoms with Crippen molar-refractivity contribution < 1.29 is 23.8 Å². The number of aromatic nitrogens is 2. The molecule has 2 amide bonds. The van der Waals surface area contributed by atoms with Crippen LogP contribution < -0.4 is 14.8 Å². The van der Waals surface area contributed by atoms with Crippen LogP contribution in [0.4, 0.5) is 5.13 Å². The molecule has 2 aliphatic rings. The van der Waals surface area contributed by atoms with Crippen LogP contribution in [0.3, 0.4) is 0 Å². The van der Waals surface area contributed by atoms with Crippen molar-refractivity contribution in [2.45, 2.75) is 18.6 Å². The maximum atomic E-state index is 13.6. The summed E-state index contributed by atoms with van der Waals surface area (Å²) in [6.45, 7) is 0.461. The molecule has 0 radical (unpaired) electrons. The van der Waals surface area contributed by atoms with Crippen LogP contribution in [0.15, 0.2) is 42.5 Å². The summed E-state index contributed by atoms with van der Waals surface area (Å²) in [6, 6.07) is 12.1. The molecule has 164 valence electrons. The Morgan fingerprint density at radius 1 is 1.22 bits per heavy atom. The Morgan fingerprint density at radius 3 is 2.88 bits per heavy atom. The van der Waals surface area contributed by atoms with Gasteiger partial charge in [0.1, 0.15) is 11.6 Å². The zero-order chi connectivity index (χ0) is 22.2. The van der Waals surface area contributed by atoms with Gasteiger partial charge < -0.3 is 19.1 Å². The van der Waals surface area contributed by atoms with E-state index in [2.05, 4.69) is 15.5 Å². The molecular weight excluding hydrogens is 432 g/mol. The van der Waals surface area contributed by atoms with Gasteiger partial charge in [0.2, 0.25) is 17.8 Å². The van der Waals surface area contributed by atoms with Gasteiger partial charge in [-0.2, -0.15) is 0 Å². The van der Waals surface area contributed by atoms with Crippen molar-refractivity contribution in [3.05, 3.63) is 64.2 Å². The number of hydrogen-bond acceptors (Lipinski definition) is 8. The van der Waals surface area contributed by atoms with Gasteiger partial charge in [0.25, 0.3) is 5.91 Å². The second-order valence-electron chi connectivity index (χ2n) is 7.46. The van der Waals surface area contributed by atoms with E-state index in [1.165, 1.54) is 11.3 Å². The number of ether oxygens (including phenoxy) is 3. The molecule has 0 bridgehead atoms. The van der Waals surface area contributed by atoms with Crippen molar-refractivity contribution in [3.63, 3.8) is 0 Å². The molecule has 2 aliphatic heterocycles. The predicted octanol–water partition coefficient (Wildman–Crippen LogP) is 2.96. The number of carbonyl (C=O) groups is 2. The largest absolute Gasteiger partial charge is 0.454 e. The van der Waals surface area contributed by atoms with E-state index in [0.29, 0.717) is 39.4 Å². The first kappa shape index (κ1) is 20.4. The number of likely N-dealkylation sites (N-methyl/N-ethyl adjacent to an activating group) is 1. The summed E-state index contributed by atoms with van der Waals surface area (Å²) >= 11 is 1.25. The number of nitrogens with zero attached hydrogens (tertiary/aromatic N) is 3. The highest BCUT2D eigenvalue weighted by Crippen LogP contribution is 2.45. The van der Waals surface area contributed by atoms with E-state index in [1.807, 2.05) is 24.3 Å². The van der Waals surface area contributed by atoms with Crippen LogP contribution in [0, 0.1) is 0 Å². The summed E-state index contributed by atoms with van der Waals surface area (Å²) in [5.74, 6) is 0.142. The molecule has 32 heavy (non-hydrogen) atoms. The Labute approximate surface area is 187 Å². The minimum Gasteiger partial charge on any atom is -0.454 e. The molecular formula is C22H20N4O5S. The first-order valence-electron chi connectivity index (χ1n) is 9.94. The quantitative estimate of drug-likeness (QED) is 0.635. The standard InChI is InChI=1S/C22H20N4O5S/c1-26-19(12-7-8-15-16(9-12)31-11-30-15)18(13-5-3-4-6-14(13)21(26)28)20(27)23-22-25-24-17(32-22)10-29-2/h3-9,18-19H,10-11H2,1-2H3,(H,23,25,27). The molecule has 3 aromatic rings. The highest BCUT2D eigenvalue weighted by molar-refractivity contribution is 7.15. The lowest BCUT2D eigenvalue weighted by Gasteiger charge is -2.39. The summed E-state index contributed by atoms with van der Waals surface area (Å²) in [4.78, 5) is 28.3. The fourth-order valence-corrected chi connectivity index (χ4v) is 4.85. The van der Waals surface area contributed by atoms with Crippen LogP contribution >= 0.6 is 11.3 Å². The first-order valence-corrected chi connectivity index (χ1v) is 10.8. The molecule has 0 saturated heterocycles. The van der Waals surface area contributed by atoms with Gasteiger partial charge in [-0.15, -0.1) is 10.2 Å². The van der Waals surface area contributed by atoms with Crippen molar-refractivity contribution in [2.75, 3.05) is 26.3 Å². The van der Waals surface area contributed by atoms with Crippen LogP contribution in [0.5, 0.6) is 11.5 Å². The third kappa shape index (κ3) is 3.47. The fraction of sp³-hybridized carbons (Fsp3) is 0.273. The van der Waals surface area contributed by atoms with Crippen molar-refractivity contribution in [2.24, 2.45) is 0 Å². The van der Waals surface area contributed by atoms with Crippen LogP contribution in [0.25, 0.3) is 0 Å². The van der Waals surface area contributed by atoms with E-state index in [4.69, 9.17) is 14.2 Å².